The van der Waals surface area contributed by atoms with Crippen molar-refractivity contribution in [2.24, 2.45) is 0 Å². The predicted molar refractivity (Wildman–Crippen MR) is 305 cm³/mol. The normalized spacial score (nSPS) is 25.7. The summed E-state index contributed by atoms with van der Waals surface area (Å²) in [6.07, 6.45) is -14.4. The van der Waals surface area contributed by atoms with Crippen LogP contribution >= 0.6 is 0 Å². The second-order valence-electron chi connectivity index (χ2n) is 22.0. The van der Waals surface area contributed by atoms with E-state index in [1.807, 2.05) is 43.4 Å². The van der Waals surface area contributed by atoms with Crippen LogP contribution < -0.4 is 28.4 Å². The summed E-state index contributed by atoms with van der Waals surface area (Å²) in [5.41, 5.74) is 5.87. The monoisotopic (exact) mass is 1230 g/mol. The summed E-state index contributed by atoms with van der Waals surface area (Å²) in [6.45, 7) is 7.78. The van der Waals surface area contributed by atoms with Crippen LogP contribution in [0.3, 0.4) is 0 Å². The zero-order valence-electron chi connectivity index (χ0n) is 51.1. The van der Waals surface area contributed by atoms with Crippen molar-refractivity contribution < 1.29 is 109 Å². The number of likely N-dealkylation sites (N-methyl/N-ethyl adjacent to an activating group) is 2. The maximum atomic E-state index is 13.3. The second kappa shape index (κ2) is 27.9. The average molecular weight is 1230 g/mol. The van der Waals surface area contributed by atoms with Gasteiger partial charge in [0.25, 0.3) is 0 Å². The minimum atomic E-state index is -1.89. The molecule has 10 rings (SSSR count). The van der Waals surface area contributed by atoms with Gasteiger partial charge in [0, 0.05) is 79.2 Å². The number of benzene rings is 4. The van der Waals surface area contributed by atoms with E-state index < -0.39 is 116 Å². The molecule has 4 aromatic rings. The molecule has 2 saturated heterocycles. The Morgan fingerprint density at radius 1 is 0.489 bits per heavy atom. The summed E-state index contributed by atoms with van der Waals surface area (Å²) in [5.74, 6) is -3.03. The van der Waals surface area contributed by atoms with Gasteiger partial charge in [-0.15, -0.1) is 0 Å². The minimum Gasteiger partial charge on any atom is -0.493 e. The van der Waals surface area contributed by atoms with Crippen molar-refractivity contribution in [1.29, 1.82) is 0 Å². The number of esters is 7. The molecule has 0 saturated carbocycles. The highest BCUT2D eigenvalue weighted by Gasteiger charge is 2.58. The van der Waals surface area contributed by atoms with Crippen molar-refractivity contribution in [2.75, 3.05) is 61.7 Å². The Hall–Kier alpha value is -8.23. The molecule has 25 heteroatoms. The molecule has 6 heterocycles. The van der Waals surface area contributed by atoms with Crippen LogP contribution in [0.4, 0.5) is 0 Å². The molecule has 0 aromatic heterocycles. The van der Waals surface area contributed by atoms with Crippen LogP contribution in [0.25, 0.3) is 0 Å². The molecule has 0 aliphatic carbocycles. The van der Waals surface area contributed by atoms with E-state index >= 15 is 0 Å². The molecular formula is C63H74N2O23. The van der Waals surface area contributed by atoms with Crippen LogP contribution in [0.5, 0.6) is 46.0 Å². The molecule has 4 aromatic carbocycles. The van der Waals surface area contributed by atoms with Gasteiger partial charge >= 0.3 is 41.8 Å². The van der Waals surface area contributed by atoms with Crippen molar-refractivity contribution in [3.05, 3.63) is 94.0 Å². The summed E-state index contributed by atoms with van der Waals surface area (Å²) in [7, 11) is 8.92. The topological polar surface area (TPSA) is 274 Å². The van der Waals surface area contributed by atoms with E-state index in [-0.39, 0.29) is 23.6 Å². The number of rotatable bonds is 16. The first-order chi connectivity index (χ1) is 42.0. The third-order valence-electron chi connectivity index (χ3n) is 15.8. The van der Waals surface area contributed by atoms with E-state index in [9.17, 15) is 33.6 Å². The predicted octanol–water partition coefficient (Wildman–Crippen LogP) is 6.15. The third-order valence-corrected chi connectivity index (χ3v) is 15.8. The average Bonchev–Trinajstić information content (AvgIpc) is 0.941. The zero-order valence-corrected chi connectivity index (χ0v) is 51.1. The summed E-state index contributed by atoms with van der Waals surface area (Å²) in [6, 6.07) is 18.7. The Labute approximate surface area is 508 Å². The minimum absolute atomic E-state index is 0.0471. The van der Waals surface area contributed by atoms with Gasteiger partial charge in [0.1, 0.15) is 37.3 Å². The summed E-state index contributed by atoms with van der Waals surface area (Å²) < 4.78 is 97.9. The smallest absolute Gasteiger partial charge is 0.303 e. The van der Waals surface area contributed by atoms with E-state index in [1.165, 1.54) is 0 Å². The lowest BCUT2D eigenvalue weighted by atomic mass is 9.87. The number of nitrogens with zero attached hydrogens (tertiary/aromatic N) is 2. The maximum Gasteiger partial charge on any atom is 0.303 e. The maximum absolute atomic E-state index is 13.3. The van der Waals surface area contributed by atoms with E-state index in [1.54, 1.807) is 33.5 Å². The van der Waals surface area contributed by atoms with E-state index in [0.717, 1.165) is 94.8 Å². The number of methoxy groups -OCH3 is 3. The standard InChI is InChI=1S/C63H74N2O23/c1-31(66)76-29-51-55(78-33(3)68)58(79-34(4)69)61(82-37(7)72)63(87-51)88-56-52(30-77-32(2)67)86-62(60(81-36(6)71)59(56)80-35(5)70)85-46-18-15-39-24-45-53-41(20-22-65(45)9)27-50(74-11)54(75-12)57(53)84-49-28-43-40(26-47(49)73-10)19-21-64(8)44(43)23-38-13-16-42(17-14-38)83-48(46)25-39/h13-18,25-28,44-45,51-52,55-56,58-63H,19-24,29-30H2,1-12H3/t44-,45+,51+,52+,55+,56+,58-,59-,60+,61+,62+,63-/m0/s1. The van der Waals surface area contributed by atoms with Crippen LogP contribution in [0.1, 0.15) is 93.9 Å². The number of carbonyl (C=O) groups excluding carboxylic acids is 7. The molecule has 0 N–H and O–H groups in total. The van der Waals surface area contributed by atoms with Crippen LogP contribution in [-0.4, -0.2) is 175 Å². The summed E-state index contributed by atoms with van der Waals surface area (Å²) in [5, 5.41) is 0. The highest BCUT2D eigenvalue weighted by Crippen LogP contribution is 2.52. The second-order valence-corrected chi connectivity index (χ2v) is 22.0. The van der Waals surface area contributed by atoms with Gasteiger partial charge in [0.2, 0.25) is 18.1 Å². The lowest BCUT2D eigenvalue weighted by Gasteiger charge is -2.48. The first-order valence-electron chi connectivity index (χ1n) is 28.7. The Morgan fingerprint density at radius 3 is 1.58 bits per heavy atom. The van der Waals surface area contributed by atoms with Crippen LogP contribution in [0, 0.1) is 0 Å². The van der Waals surface area contributed by atoms with Gasteiger partial charge in [-0.3, -0.25) is 43.4 Å². The molecule has 0 radical (unpaired) electrons. The lowest BCUT2D eigenvalue weighted by molar-refractivity contribution is -0.354. The number of ether oxygens (including phenoxy) is 16. The molecule has 0 amide bonds. The van der Waals surface area contributed by atoms with Crippen LogP contribution in [0.2, 0.25) is 0 Å². The van der Waals surface area contributed by atoms with Crippen LogP contribution in [-0.2, 0) is 107 Å². The fourth-order valence-corrected chi connectivity index (χ4v) is 11.9. The molecule has 6 aliphatic rings. The Balaban J connectivity index is 1.15. The van der Waals surface area contributed by atoms with Gasteiger partial charge < -0.3 is 75.8 Å². The largest absolute Gasteiger partial charge is 0.493 e. The van der Waals surface area contributed by atoms with Crippen molar-refractivity contribution in [3.8, 4) is 46.0 Å². The van der Waals surface area contributed by atoms with Crippen molar-refractivity contribution in [1.82, 2.24) is 9.80 Å². The first kappa shape index (κ1) is 64.2. The van der Waals surface area contributed by atoms with Crippen molar-refractivity contribution in [2.45, 2.75) is 148 Å². The van der Waals surface area contributed by atoms with Gasteiger partial charge in [-0.05, 0) is 110 Å². The Morgan fingerprint density at radius 2 is 0.989 bits per heavy atom. The summed E-state index contributed by atoms with van der Waals surface area (Å²) >= 11 is 0. The first-order valence-corrected chi connectivity index (χ1v) is 28.7. The molecule has 88 heavy (non-hydrogen) atoms. The van der Waals surface area contributed by atoms with Gasteiger partial charge in [0.15, 0.2) is 65.2 Å². The van der Waals surface area contributed by atoms with Crippen LogP contribution in [0.15, 0.2) is 60.7 Å². The molecule has 2 fully saturated rings. The molecular weight excluding hydrogens is 1150 g/mol. The zero-order chi connectivity index (χ0) is 63.2. The highest BCUT2D eigenvalue weighted by atomic mass is 16.8. The number of hydrogen-bond acceptors (Lipinski definition) is 25. The lowest BCUT2D eigenvalue weighted by Crippen LogP contribution is -2.67. The van der Waals surface area contributed by atoms with Gasteiger partial charge in [0.05, 0.1) is 21.3 Å². The SMILES string of the molecule is COc1cc2c3cc1Oc1c(OC)c(OC)cc4c1[C@@H](Cc1ccc(O[C@@H]5O[C@H](COC(C)=O)[C@@H](O[C@@H]6O[C@H](COC(C)=O)[C@@H](OC(C)=O)[C@H](OC(C)=O)[C@H]6OC(C)=O)[C@H](OC(C)=O)[C@H]5OC(C)=O)c(c1)Oc1ccc(cc1)C[C@@H]3N(C)CC2)N(C)CC4. The molecule has 0 unspecified atom stereocenters. The number of carbonyl (C=O) groups is 7. The van der Waals surface area contributed by atoms with Crippen molar-refractivity contribution >= 4 is 41.8 Å². The molecule has 474 valence electrons. The van der Waals surface area contributed by atoms with Crippen molar-refractivity contribution in [3.63, 3.8) is 0 Å². The van der Waals surface area contributed by atoms with E-state index in [0.29, 0.717) is 60.3 Å². The van der Waals surface area contributed by atoms with E-state index in [2.05, 4.69) is 29.0 Å². The molecule has 12 atom stereocenters. The molecule has 25 nitrogen and oxygen atoms in total. The van der Waals surface area contributed by atoms with Gasteiger partial charge in [-0.1, -0.05) is 18.2 Å². The fourth-order valence-electron chi connectivity index (χ4n) is 11.9. The molecule has 0 spiro atoms. The quantitative estimate of drug-likeness (QED) is 0.0898. The van der Waals surface area contributed by atoms with Gasteiger partial charge in [-0.2, -0.15) is 0 Å². The highest BCUT2D eigenvalue weighted by molar-refractivity contribution is 5.70. The molecule has 6 aliphatic heterocycles. The fraction of sp³-hybridized carbons (Fsp3) is 0.508. The number of hydrogen-bond donors (Lipinski definition) is 0. The Bertz CT molecular complexity index is 3260. The van der Waals surface area contributed by atoms with E-state index in [4.69, 9.17) is 75.8 Å². The summed E-state index contributed by atoms with van der Waals surface area (Å²) in [4.78, 5) is 94.2. The third kappa shape index (κ3) is 14.7. The number of fused-ring (bicyclic) bond motifs is 2. The van der Waals surface area contributed by atoms with Gasteiger partial charge in [-0.25, -0.2) is 0 Å². The molecule has 6 bridgehead atoms. The Kier molecular flexibility index (Phi) is 20.3.